The van der Waals surface area contributed by atoms with Crippen LogP contribution in [0.25, 0.3) is 0 Å². The Morgan fingerprint density at radius 1 is 1.39 bits per heavy atom. The van der Waals surface area contributed by atoms with E-state index in [0.29, 0.717) is 11.2 Å². The quantitative estimate of drug-likeness (QED) is 0.637. The van der Waals surface area contributed by atoms with E-state index in [1.165, 1.54) is 12.0 Å². The van der Waals surface area contributed by atoms with Crippen molar-refractivity contribution in [1.82, 2.24) is 10.3 Å². The van der Waals surface area contributed by atoms with Gasteiger partial charge in [0.25, 0.3) is 0 Å². The Kier molecular flexibility index (Phi) is 5.28. The lowest BCUT2D eigenvalue weighted by Crippen LogP contribution is -2.48. The summed E-state index contributed by atoms with van der Waals surface area (Å²) in [6.45, 7) is 6.66. The Labute approximate surface area is 145 Å². The number of halogens is 1. The minimum absolute atomic E-state index is 0.00244. The second-order valence-corrected chi connectivity index (χ2v) is 8.10. The molecule has 0 amide bonds. The highest BCUT2D eigenvalue weighted by molar-refractivity contribution is 6.31. The maximum Gasteiger partial charge on any atom is 0.171 e. The fourth-order valence-electron chi connectivity index (χ4n) is 3.44. The van der Waals surface area contributed by atoms with Crippen molar-refractivity contribution in [3.63, 3.8) is 0 Å². The van der Waals surface area contributed by atoms with E-state index in [4.69, 9.17) is 16.3 Å². The molecule has 0 aromatic carbocycles. The van der Waals surface area contributed by atoms with Crippen LogP contribution in [0.5, 0.6) is 5.75 Å². The third kappa shape index (κ3) is 3.82. The maximum atomic E-state index is 6.44. The van der Waals surface area contributed by atoms with E-state index in [1.807, 2.05) is 7.05 Å². The summed E-state index contributed by atoms with van der Waals surface area (Å²) < 4.78 is 6.27. The van der Waals surface area contributed by atoms with Crippen molar-refractivity contribution in [3.8, 4) is 18.6 Å². The Bertz CT molecular complexity index is 585. The van der Waals surface area contributed by atoms with Crippen molar-refractivity contribution in [1.29, 1.82) is 0 Å². The van der Waals surface area contributed by atoms with Gasteiger partial charge in [0.05, 0.1) is 0 Å². The van der Waals surface area contributed by atoms with E-state index in [2.05, 4.69) is 50.0 Å². The molecule has 1 unspecified atom stereocenters. The van der Waals surface area contributed by atoms with Gasteiger partial charge in [-0.05, 0) is 44.2 Å². The number of hydrogen-bond acceptors (Lipinski definition) is 3. The molecule has 1 aliphatic carbocycles. The second-order valence-electron chi connectivity index (χ2n) is 7.74. The number of fused-ring (bicyclic) bond motifs is 1. The van der Waals surface area contributed by atoms with Crippen molar-refractivity contribution in [2.45, 2.75) is 64.5 Å². The minimum atomic E-state index is -0.00244. The molecule has 3 nitrogen and oxygen atoms in total. The molecule has 4 heteroatoms. The van der Waals surface area contributed by atoms with E-state index in [9.17, 15) is 0 Å². The summed E-state index contributed by atoms with van der Waals surface area (Å²) in [7, 11) is 2.02. The highest BCUT2D eigenvalue weighted by atomic mass is 35.5. The Morgan fingerprint density at radius 2 is 2.04 bits per heavy atom. The van der Waals surface area contributed by atoms with Gasteiger partial charge in [-0.3, -0.25) is 0 Å². The van der Waals surface area contributed by atoms with Crippen LogP contribution in [0.3, 0.4) is 0 Å². The first-order valence-electron chi connectivity index (χ1n) is 8.21. The molecule has 126 valence electrons. The Balaban J connectivity index is 0.000000924. The lowest BCUT2D eigenvalue weighted by Gasteiger charge is -2.48. The standard InChI is InChI=1S/C17H25ClN2O.C2H2/c1-16(2,3)9-11-8-12-13(19-4)10-17(6-5-7-17)21-14(12)15(18)20-11;1-2/h8,13,19H,5-7,9-10H2,1-4H3;1-2H. The number of aromatic nitrogens is 1. The number of hydrogen-bond donors (Lipinski definition) is 1. The van der Waals surface area contributed by atoms with E-state index < -0.39 is 0 Å². The van der Waals surface area contributed by atoms with Crippen molar-refractivity contribution >= 4 is 11.6 Å². The molecule has 2 aliphatic rings. The molecule has 3 rings (SSSR count). The van der Waals surface area contributed by atoms with Crippen LogP contribution < -0.4 is 10.1 Å². The third-order valence-corrected chi connectivity index (χ3v) is 4.86. The summed E-state index contributed by atoms with van der Waals surface area (Å²) in [5.41, 5.74) is 2.43. The number of terminal acetylenes is 1. The van der Waals surface area contributed by atoms with Gasteiger partial charge in [0.15, 0.2) is 10.9 Å². The van der Waals surface area contributed by atoms with Gasteiger partial charge in [0.1, 0.15) is 5.60 Å². The molecule has 2 heterocycles. The molecule has 0 radical (unpaired) electrons. The molecule has 1 aromatic rings. The van der Waals surface area contributed by atoms with E-state index in [0.717, 1.165) is 37.1 Å². The monoisotopic (exact) mass is 334 g/mol. The van der Waals surface area contributed by atoms with Crippen molar-refractivity contribution < 1.29 is 4.74 Å². The average molecular weight is 335 g/mol. The molecule has 1 atom stereocenters. The Morgan fingerprint density at radius 3 is 2.52 bits per heavy atom. The second kappa shape index (κ2) is 6.71. The molecule has 1 spiro atoms. The van der Waals surface area contributed by atoms with Gasteiger partial charge in [-0.25, -0.2) is 4.98 Å². The van der Waals surface area contributed by atoms with Crippen LogP contribution in [-0.4, -0.2) is 17.6 Å². The molecule has 23 heavy (non-hydrogen) atoms. The van der Waals surface area contributed by atoms with Crippen LogP contribution >= 0.6 is 11.6 Å². The smallest absolute Gasteiger partial charge is 0.171 e. The fourth-order valence-corrected chi connectivity index (χ4v) is 3.70. The van der Waals surface area contributed by atoms with Crippen LogP contribution in [0, 0.1) is 18.3 Å². The zero-order valence-corrected chi connectivity index (χ0v) is 15.3. The molecule has 0 saturated heterocycles. The van der Waals surface area contributed by atoms with Gasteiger partial charge in [-0.15, -0.1) is 12.8 Å². The predicted molar refractivity (Wildman–Crippen MR) is 95.9 cm³/mol. The number of nitrogens with zero attached hydrogens (tertiary/aromatic N) is 1. The van der Waals surface area contributed by atoms with E-state index in [1.54, 1.807) is 0 Å². The predicted octanol–water partition coefficient (Wildman–Crippen LogP) is 4.54. The number of ether oxygens (including phenoxy) is 1. The largest absolute Gasteiger partial charge is 0.484 e. The van der Waals surface area contributed by atoms with Gasteiger partial charge in [-0.1, -0.05) is 32.4 Å². The van der Waals surface area contributed by atoms with Gasteiger partial charge >= 0.3 is 0 Å². The van der Waals surface area contributed by atoms with Crippen LogP contribution in [0.4, 0.5) is 0 Å². The molecular weight excluding hydrogens is 308 g/mol. The minimum Gasteiger partial charge on any atom is -0.484 e. The zero-order valence-electron chi connectivity index (χ0n) is 14.6. The molecular formula is C19H27ClN2O. The summed E-state index contributed by atoms with van der Waals surface area (Å²) in [5, 5.41) is 3.96. The summed E-state index contributed by atoms with van der Waals surface area (Å²) >= 11 is 6.44. The molecule has 1 aliphatic heterocycles. The van der Waals surface area contributed by atoms with Gasteiger partial charge in [0.2, 0.25) is 0 Å². The van der Waals surface area contributed by atoms with Crippen LogP contribution in [0.15, 0.2) is 6.07 Å². The normalized spacial score (nSPS) is 21.4. The number of rotatable bonds is 2. The van der Waals surface area contributed by atoms with Crippen LogP contribution in [-0.2, 0) is 6.42 Å². The first kappa shape index (κ1) is 18.1. The highest BCUT2D eigenvalue weighted by Gasteiger charge is 2.46. The van der Waals surface area contributed by atoms with Crippen molar-refractivity contribution in [2.24, 2.45) is 5.41 Å². The maximum absolute atomic E-state index is 6.44. The summed E-state index contributed by atoms with van der Waals surface area (Å²) in [6.07, 6.45) is 13.5. The first-order valence-corrected chi connectivity index (χ1v) is 8.59. The summed E-state index contributed by atoms with van der Waals surface area (Å²) in [5.74, 6) is 0.805. The van der Waals surface area contributed by atoms with Gasteiger partial charge < -0.3 is 10.1 Å². The molecule has 1 aromatic heterocycles. The lowest BCUT2D eigenvalue weighted by atomic mass is 9.73. The van der Waals surface area contributed by atoms with Crippen molar-refractivity contribution in [3.05, 3.63) is 22.5 Å². The SMILES string of the molecule is C#C.CNC1CC2(CCC2)Oc2c1cc(CC(C)(C)C)nc2Cl. The lowest BCUT2D eigenvalue weighted by molar-refractivity contribution is -0.0364. The topological polar surface area (TPSA) is 34.1 Å². The third-order valence-electron chi connectivity index (χ3n) is 4.61. The van der Waals surface area contributed by atoms with Gasteiger partial charge in [-0.2, -0.15) is 0 Å². The molecule has 1 N–H and O–H groups in total. The average Bonchev–Trinajstić information content (AvgIpc) is 2.45. The first-order chi connectivity index (χ1) is 10.8. The van der Waals surface area contributed by atoms with Gasteiger partial charge in [0, 0.05) is 23.7 Å². The van der Waals surface area contributed by atoms with E-state index >= 15 is 0 Å². The highest BCUT2D eigenvalue weighted by Crippen LogP contribution is 2.50. The van der Waals surface area contributed by atoms with Crippen LogP contribution in [0.1, 0.15) is 63.8 Å². The number of pyridine rings is 1. The van der Waals surface area contributed by atoms with E-state index in [-0.39, 0.29) is 11.0 Å². The Hall–Kier alpha value is -1.24. The molecule has 0 bridgehead atoms. The van der Waals surface area contributed by atoms with Crippen molar-refractivity contribution in [2.75, 3.05) is 7.05 Å². The zero-order chi connectivity index (χ0) is 17.3. The summed E-state index contributed by atoms with van der Waals surface area (Å²) in [4.78, 5) is 4.58. The summed E-state index contributed by atoms with van der Waals surface area (Å²) in [6, 6.07) is 2.49. The fraction of sp³-hybridized carbons (Fsp3) is 0.632. The molecule has 1 saturated carbocycles. The van der Waals surface area contributed by atoms with Crippen LogP contribution in [0.2, 0.25) is 5.15 Å². The number of nitrogens with one attached hydrogen (secondary N) is 1. The molecule has 1 fully saturated rings.